The number of benzene rings is 2. The van der Waals surface area contributed by atoms with Crippen LogP contribution in [0.25, 0.3) is 11.1 Å². The number of fused-ring (bicyclic) bond motifs is 3. The van der Waals surface area contributed by atoms with Gasteiger partial charge in [0.15, 0.2) is 5.78 Å². The van der Waals surface area contributed by atoms with Crippen molar-refractivity contribution >= 4 is 17.6 Å². The van der Waals surface area contributed by atoms with Crippen LogP contribution in [-0.2, 0) is 4.79 Å². The summed E-state index contributed by atoms with van der Waals surface area (Å²) in [6, 6.07) is 13.0. The van der Waals surface area contributed by atoms with Gasteiger partial charge in [-0.2, -0.15) is 0 Å². The van der Waals surface area contributed by atoms with Crippen LogP contribution in [0.3, 0.4) is 0 Å². The smallest absolute Gasteiger partial charge is 0.253 e. The Hall–Kier alpha value is -2.95. The Morgan fingerprint density at radius 2 is 1.38 bits per heavy atom. The van der Waals surface area contributed by atoms with Crippen molar-refractivity contribution in [3.8, 4) is 11.1 Å². The van der Waals surface area contributed by atoms with E-state index in [0.717, 1.165) is 36.8 Å². The van der Waals surface area contributed by atoms with E-state index in [1.165, 1.54) is 0 Å². The average molecular weight is 388 g/mol. The first-order chi connectivity index (χ1) is 14.1. The van der Waals surface area contributed by atoms with Crippen molar-refractivity contribution < 1.29 is 14.4 Å². The topological polar surface area (TPSA) is 57.7 Å². The summed E-state index contributed by atoms with van der Waals surface area (Å²) in [5.74, 6) is 0.360. The lowest BCUT2D eigenvalue weighted by Crippen LogP contribution is -2.51. The van der Waals surface area contributed by atoms with E-state index < -0.39 is 0 Å². The molecule has 29 heavy (non-hydrogen) atoms. The van der Waals surface area contributed by atoms with Gasteiger partial charge in [-0.3, -0.25) is 14.4 Å². The van der Waals surface area contributed by atoms with Crippen molar-refractivity contribution in [2.45, 2.75) is 25.7 Å². The Morgan fingerprint density at radius 1 is 0.759 bits per heavy atom. The first-order valence-electron chi connectivity index (χ1n) is 10.5. The molecule has 0 unspecified atom stereocenters. The van der Waals surface area contributed by atoms with E-state index in [1.807, 2.05) is 41.3 Å². The van der Waals surface area contributed by atoms with E-state index in [1.54, 1.807) is 11.0 Å². The fourth-order valence-electron chi connectivity index (χ4n) is 4.90. The molecule has 0 bridgehead atoms. The van der Waals surface area contributed by atoms with Gasteiger partial charge in [-0.15, -0.1) is 0 Å². The van der Waals surface area contributed by atoms with Gasteiger partial charge < -0.3 is 9.80 Å². The molecule has 5 heteroatoms. The van der Waals surface area contributed by atoms with Gasteiger partial charge in [-0.25, -0.2) is 0 Å². The van der Waals surface area contributed by atoms with Crippen LogP contribution in [0, 0.1) is 5.92 Å². The Balaban J connectivity index is 1.29. The zero-order valence-electron chi connectivity index (χ0n) is 16.4. The van der Waals surface area contributed by atoms with Crippen molar-refractivity contribution in [3.05, 3.63) is 59.2 Å². The second kappa shape index (κ2) is 7.14. The summed E-state index contributed by atoms with van der Waals surface area (Å²) >= 11 is 0. The van der Waals surface area contributed by atoms with Gasteiger partial charge in [0.05, 0.1) is 0 Å². The predicted octanol–water partition coefficient (Wildman–Crippen LogP) is 3.37. The number of nitrogens with zero attached hydrogens (tertiary/aromatic N) is 2. The van der Waals surface area contributed by atoms with Crippen LogP contribution in [0.4, 0.5) is 0 Å². The van der Waals surface area contributed by atoms with Crippen LogP contribution in [0.15, 0.2) is 42.5 Å². The molecule has 2 aromatic rings. The summed E-state index contributed by atoms with van der Waals surface area (Å²) in [6.45, 7) is 2.28. The summed E-state index contributed by atoms with van der Waals surface area (Å²) < 4.78 is 0. The third-order valence-electron chi connectivity index (χ3n) is 6.56. The van der Waals surface area contributed by atoms with Crippen molar-refractivity contribution in [3.63, 3.8) is 0 Å². The van der Waals surface area contributed by atoms with Crippen LogP contribution < -0.4 is 0 Å². The largest absolute Gasteiger partial charge is 0.339 e. The first-order valence-corrected chi connectivity index (χ1v) is 10.5. The van der Waals surface area contributed by atoms with Gasteiger partial charge in [0, 0.05) is 48.8 Å². The van der Waals surface area contributed by atoms with Gasteiger partial charge in [-0.1, -0.05) is 43.2 Å². The van der Waals surface area contributed by atoms with Crippen molar-refractivity contribution in [1.82, 2.24) is 9.80 Å². The molecule has 2 aromatic carbocycles. The summed E-state index contributed by atoms with van der Waals surface area (Å²) in [5.41, 5.74) is 3.68. The van der Waals surface area contributed by atoms with Gasteiger partial charge in [0.1, 0.15) is 0 Å². The van der Waals surface area contributed by atoms with Gasteiger partial charge >= 0.3 is 0 Å². The predicted molar refractivity (Wildman–Crippen MR) is 110 cm³/mol. The molecule has 0 atom stereocenters. The Labute approximate surface area is 170 Å². The number of carbonyl (C=O) groups is 3. The van der Waals surface area contributed by atoms with Gasteiger partial charge in [0.2, 0.25) is 5.91 Å². The average Bonchev–Trinajstić information content (AvgIpc) is 3.41. The minimum absolute atomic E-state index is 0.0165. The number of rotatable bonds is 2. The van der Waals surface area contributed by atoms with E-state index in [9.17, 15) is 14.4 Å². The lowest BCUT2D eigenvalue weighted by Gasteiger charge is -2.36. The number of carbonyl (C=O) groups excluding carboxylic acids is 3. The first kappa shape index (κ1) is 18.1. The highest BCUT2D eigenvalue weighted by atomic mass is 16.2. The summed E-state index contributed by atoms with van der Waals surface area (Å²) in [6.07, 6.45) is 4.30. The monoisotopic (exact) mass is 388 g/mol. The SMILES string of the molecule is O=C1c2ccccc2-c2ccc(C(=O)N3CCN(C(=O)C4CCCC4)CC3)cc21. The van der Waals surface area contributed by atoms with E-state index >= 15 is 0 Å². The van der Waals surface area contributed by atoms with Crippen LogP contribution in [0.5, 0.6) is 0 Å². The highest BCUT2D eigenvalue weighted by Gasteiger charge is 2.32. The maximum atomic E-state index is 13.0. The lowest BCUT2D eigenvalue weighted by molar-refractivity contribution is -0.136. The molecule has 5 nitrogen and oxygen atoms in total. The molecule has 3 aliphatic rings. The zero-order valence-corrected chi connectivity index (χ0v) is 16.4. The second-order valence-electron chi connectivity index (χ2n) is 8.23. The Kier molecular flexibility index (Phi) is 4.46. The van der Waals surface area contributed by atoms with E-state index in [2.05, 4.69) is 0 Å². The third-order valence-corrected chi connectivity index (χ3v) is 6.56. The molecule has 1 saturated heterocycles. The molecule has 2 fully saturated rings. The molecule has 1 heterocycles. The highest BCUT2D eigenvalue weighted by Crippen LogP contribution is 2.37. The molecule has 0 spiro atoms. The molecule has 2 amide bonds. The van der Waals surface area contributed by atoms with Gasteiger partial charge in [-0.05, 0) is 36.1 Å². The minimum atomic E-state index is -0.0653. The third kappa shape index (κ3) is 3.05. The maximum Gasteiger partial charge on any atom is 0.253 e. The minimum Gasteiger partial charge on any atom is -0.339 e. The molecule has 1 aliphatic heterocycles. The fourth-order valence-corrected chi connectivity index (χ4v) is 4.90. The number of amides is 2. The normalized spacial score (nSPS) is 18.7. The zero-order chi connectivity index (χ0) is 20.0. The Bertz CT molecular complexity index is 999. The van der Waals surface area contributed by atoms with Crippen molar-refractivity contribution in [1.29, 1.82) is 0 Å². The molecular formula is C24H24N2O3. The van der Waals surface area contributed by atoms with E-state index in [4.69, 9.17) is 0 Å². The van der Waals surface area contributed by atoms with Crippen molar-refractivity contribution in [2.24, 2.45) is 5.92 Å². The molecule has 5 rings (SSSR count). The maximum absolute atomic E-state index is 13.0. The van der Waals surface area contributed by atoms with E-state index in [-0.39, 0.29) is 23.5 Å². The number of ketones is 1. The lowest BCUT2D eigenvalue weighted by atomic mass is 10.0. The number of piperazine rings is 1. The quantitative estimate of drug-likeness (QED) is 0.676. The van der Waals surface area contributed by atoms with Crippen LogP contribution in [0.1, 0.15) is 52.0 Å². The molecule has 2 aliphatic carbocycles. The van der Waals surface area contributed by atoms with Gasteiger partial charge in [0.25, 0.3) is 5.91 Å². The Morgan fingerprint density at radius 3 is 2.10 bits per heavy atom. The molecular weight excluding hydrogens is 364 g/mol. The van der Waals surface area contributed by atoms with Crippen LogP contribution in [-0.4, -0.2) is 53.6 Å². The van der Waals surface area contributed by atoms with E-state index in [0.29, 0.717) is 42.9 Å². The molecule has 0 N–H and O–H groups in total. The second-order valence-corrected chi connectivity index (χ2v) is 8.23. The summed E-state index contributed by atoms with van der Waals surface area (Å²) in [5, 5.41) is 0. The summed E-state index contributed by atoms with van der Waals surface area (Å²) in [4.78, 5) is 42.1. The number of hydrogen-bond acceptors (Lipinski definition) is 3. The fraction of sp³-hybridized carbons (Fsp3) is 0.375. The molecule has 148 valence electrons. The van der Waals surface area contributed by atoms with Crippen LogP contribution in [0.2, 0.25) is 0 Å². The molecule has 0 radical (unpaired) electrons. The molecule has 0 aromatic heterocycles. The standard InChI is InChI=1S/C24H24N2O3/c27-22-20-8-4-3-7-18(20)19-10-9-17(15-21(19)22)24(29)26-13-11-25(12-14-26)23(28)16-5-1-2-6-16/h3-4,7-10,15-16H,1-2,5-6,11-14H2. The summed E-state index contributed by atoms with van der Waals surface area (Å²) in [7, 11) is 0. The molecule has 1 saturated carbocycles. The van der Waals surface area contributed by atoms with Crippen LogP contribution >= 0.6 is 0 Å². The van der Waals surface area contributed by atoms with Crippen molar-refractivity contribution in [2.75, 3.05) is 26.2 Å². The highest BCUT2D eigenvalue weighted by molar-refractivity contribution is 6.22. The number of hydrogen-bond donors (Lipinski definition) is 0.